The van der Waals surface area contributed by atoms with Crippen molar-refractivity contribution in [3.63, 3.8) is 0 Å². The average molecular weight is 417 g/mol. The number of carbonyl (C=O) groups is 1. The summed E-state index contributed by atoms with van der Waals surface area (Å²) < 4.78 is 76.2. The van der Waals surface area contributed by atoms with Gasteiger partial charge in [-0.1, -0.05) is 0 Å². The van der Waals surface area contributed by atoms with E-state index >= 15 is 0 Å². The van der Waals surface area contributed by atoms with Crippen LogP contribution in [-0.2, 0) is 19.1 Å². The number of amides is 1. The van der Waals surface area contributed by atoms with Crippen LogP contribution < -0.4 is 14.8 Å². The van der Waals surface area contributed by atoms with E-state index in [1.54, 1.807) is 0 Å². The van der Waals surface area contributed by atoms with Crippen molar-refractivity contribution in [3.8, 4) is 11.6 Å². The third kappa shape index (κ3) is 3.99. The second kappa shape index (κ2) is 7.20. The summed E-state index contributed by atoms with van der Waals surface area (Å²) in [4.78, 5) is 12.5. The van der Waals surface area contributed by atoms with Crippen LogP contribution in [0.5, 0.6) is 11.6 Å². The smallest absolute Gasteiger partial charge is 0.416 e. The molecule has 11 heteroatoms. The van der Waals surface area contributed by atoms with Gasteiger partial charge in [0, 0.05) is 19.0 Å². The fraction of sp³-hybridized carbons (Fsp3) is 0.444. The number of rotatable bonds is 3. The van der Waals surface area contributed by atoms with Crippen LogP contribution in [-0.4, -0.2) is 40.9 Å². The highest BCUT2D eigenvalue weighted by atomic mass is 19.4. The summed E-state index contributed by atoms with van der Waals surface area (Å²) in [5, 5.41) is 6.70. The second-order valence-corrected chi connectivity index (χ2v) is 6.88. The van der Waals surface area contributed by atoms with Crippen molar-refractivity contribution < 1.29 is 36.2 Å². The molecular formula is C18H16F5N3O3. The highest BCUT2D eigenvalue weighted by Gasteiger charge is 2.33. The van der Waals surface area contributed by atoms with Crippen LogP contribution in [0.4, 0.5) is 22.0 Å². The van der Waals surface area contributed by atoms with Crippen LogP contribution in [0, 0.1) is 0 Å². The number of fused-ring (bicyclic) bond motifs is 2. The molecule has 0 saturated heterocycles. The molecule has 29 heavy (non-hydrogen) atoms. The van der Waals surface area contributed by atoms with Crippen molar-refractivity contribution in [2.24, 2.45) is 0 Å². The summed E-state index contributed by atoms with van der Waals surface area (Å²) >= 11 is 0. The van der Waals surface area contributed by atoms with Gasteiger partial charge in [0.25, 0.3) is 12.3 Å². The summed E-state index contributed by atoms with van der Waals surface area (Å²) in [5.41, 5.74) is -0.479. The first-order valence-electron chi connectivity index (χ1n) is 8.87. The van der Waals surface area contributed by atoms with Gasteiger partial charge in [-0.05, 0) is 30.2 Å². The van der Waals surface area contributed by atoms with Crippen LogP contribution in [0.2, 0.25) is 0 Å². The number of ether oxygens (including phenoxy) is 2. The summed E-state index contributed by atoms with van der Waals surface area (Å²) in [7, 11) is 0. The van der Waals surface area contributed by atoms with E-state index in [-0.39, 0.29) is 37.6 Å². The van der Waals surface area contributed by atoms with Gasteiger partial charge in [0.05, 0.1) is 11.6 Å². The molecular weight excluding hydrogens is 401 g/mol. The van der Waals surface area contributed by atoms with Gasteiger partial charge in [-0.3, -0.25) is 4.79 Å². The van der Waals surface area contributed by atoms with E-state index in [0.29, 0.717) is 11.3 Å². The van der Waals surface area contributed by atoms with Crippen molar-refractivity contribution in [2.45, 2.75) is 44.1 Å². The van der Waals surface area contributed by atoms with Crippen molar-refractivity contribution >= 4 is 5.91 Å². The molecule has 0 saturated carbocycles. The largest absolute Gasteiger partial charge is 0.491 e. The van der Waals surface area contributed by atoms with E-state index in [4.69, 9.17) is 9.47 Å². The minimum absolute atomic E-state index is 0.0234. The van der Waals surface area contributed by atoms with E-state index in [2.05, 4.69) is 10.4 Å². The lowest BCUT2D eigenvalue weighted by Crippen LogP contribution is -2.43. The molecule has 0 unspecified atom stereocenters. The number of alkyl halides is 5. The molecule has 0 radical (unpaired) electrons. The van der Waals surface area contributed by atoms with E-state index in [1.807, 2.05) is 0 Å². The Labute approximate surface area is 161 Å². The standard InChI is InChI=1S/C18H16F5N3O3/c19-16(20)14-3-4-26-15(29-14)7-12(25-26)17(27)24-11-6-9-5-10(18(21,22)23)1-2-13(9)28-8-11/h1-2,5,7,11,14,16H,3-4,6,8H2,(H,24,27)/t11-,14-/m1/s1. The summed E-state index contributed by atoms with van der Waals surface area (Å²) in [6, 6.07) is 3.91. The lowest BCUT2D eigenvalue weighted by atomic mass is 10.00. The third-order valence-electron chi connectivity index (χ3n) is 4.78. The molecule has 0 aliphatic carbocycles. The number of nitrogens with one attached hydrogen (secondary N) is 1. The number of hydrogen-bond acceptors (Lipinski definition) is 4. The number of aromatic nitrogens is 2. The van der Waals surface area contributed by atoms with Crippen molar-refractivity contribution in [1.29, 1.82) is 0 Å². The number of halogens is 5. The van der Waals surface area contributed by atoms with Gasteiger partial charge in [0.15, 0.2) is 11.8 Å². The molecule has 3 heterocycles. The molecule has 1 amide bonds. The van der Waals surface area contributed by atoms with Crippen LogP contribution in [0.1, 0.15) is 28.0 Å². The van der Waals surface area contributed by atoms with E-state index in [0.717, 1.165) is 12.1 Å². The lowest BCUT2D eigenvalue weighted by molar-refractivity contribution is -0.137. The Morgan fingerprint density at radius 2 is 2.07 bits per heavy atom. The first-order chi connectivity index (χ1) is 13.7. The molecule has 0 bridgehead atoms. The minimum Gasteiger partial charge on any atom is -0.491 e. The molecule has 1 N–H and O–H groups in total. The number of nitrogens with zero attached hydrogens (tertiary/aromatic N) is 2. The Balaban J connectivity index is 1.44. The van der Waals surface area contributed by atoms with Gasteiger partial charge >= 0.3 is 6.18 Å². The maximum Gasteiger partial charge on any atom is 0.416 e. The zero-order valence-corrected chi connectivity index (χ0v) is 14.9. The van der Waals surface area contributed by atoms with Crippen molar-refractivity contribution in [1.82, 2.24) is 15.1 Å². The topological polar surface area (TPSA) is 65.4 Å². The summed E-state index contributed by atoms with van der Waals surface area (Å²) in [6.07, 6.45) is -8.14. The zero-order chi connectivity index (χ0) is 20.8. The van der Waals surface area contributed by atoms with Gasteiger partial charge in [0.1, 0.15) is 12.4 Å². The molecule has 2 aliphatic heterocycles. The molecule has 156 valence electrons. The average Bonchev–Trinajstić information content (AvgIpc) is 3.10. The summed E-state index contributed by atoms with van der Waals surface area (Å²) in [6.45, 7) is 0.277. The number of hydrogen-bond donors (Lipinski definition) is 1. The number of carbonyl (C=O) groups excluding carboxylic acids is 1. The fourth-order valence-electron chi connectivity index (χ4n) is 3.33. The highest BCUT2D eigenvalue weighted by Crippen LogP contribution is 2.34. The normalized spacial score (nSPS) is 21.0. The maximum atomic E-state index is 12.9. The third-order valence-corrected chi connectivity index (χ3v) is 4.78. The predicted octanol–water partition coefficient (Wildman–Crippen LogP) is 3.05. The van der Waals surface area contributed by atoms with E-state index < -0.39 is 36.2 Å². The lowest BCUT2D eigenvalue weighted by Gasteiger charge is -2.26. The Bertz CT molecular complexity index is 928. The monoisotopic (exact) mass is 417 g/mol. The number of benzene rings is 1. The second-order valence-electron chi connectivity index (χ2n) is 6.88. The van der Waals surface area contributed by atoms with E-state index in [1.165, 1.54) is 16.8 Å². The van der Waals surface area contributed by atoms with Crippen LogP contribution in [0.15, 0.2) is 24.3 Å². The first kappa shape index (κ1) is 19.5. The van der Waals surface area contributed by atoms with Crippen molar-refractivity contribution in [2.75, 3.05) is 6.61 Å². The SMILES string of the molecule is O=C(N[C@H]1COc2ccc(C(F)(F)F)cc2C1)c1cc2n(n1)CC[C@H](C(F)F)O2. The molecule has 0 spiro atoms. The van der Waals surface area contributed by atoms with Gasteiger partial charge in [-0.2, -0.15) is 18.3 Å². The molecule has 6 nitrogen and oxygen atoms in total. The molecule has 1 aromatic carbocycles. The predicted molar refractivity (Wildman–Crippen MR) is 89.2 cm³/mol. The van der Waals surface area contributed by atoms with Gasteiger partial charge in [-0.15, -0.1) is 0 Å². The fourth-order valence-corrected chi connectivity index (χ4v) is 3.33. The Kier molecular flexibility index (Phi) is 4.83. The molecule has 2 aliphatic rings. The van der Waals surface area contributed by atoms with Crippen LogP contribution in [0.25, 0.3) is 0 Å². The van der Waals surface area contributed by atoms with E-state index in [9.17, 15) is 26.7 Å². The highest BCUT2D eigenvalue weighted by molar-refractivity contribution is 5.92. The van der Waals surface area contributed by atoms with Crippen molar-refractivity contribution in [3.05, 3.63) is 41.1 Å². The molecule has 0 fully saturated rings. The Morgan fingerprint density at radius 1 is 1.28 bits per heavy atom. The summed E-state index contributed by atoms with van der Waals surface area (Å²) in [5.74, 6) is -0.174. The maximum absolute atomic E-state index is 12.9. The quantitative estimate of drug-likeness (QED) is 0.780. The first-order valence-corrected chi connectivity index (χ1v) is 8.87. The molecule has 4 rings (SSSR count). The van der Waals surface area contributed by atoms with Crippen LogP contribution in [0.3, 0.4) is 0 Å². The van der Waals surface area contributed by atoms with Gasteiger partial charge < -0.3 is 14.8 Å². The molecule has 2 atom stereocenters. The minimum atomic E-state index is -4.48. The Hall–Kier alpha value is -2.85. The van der Waals surface area contributed by atoms with Gasteiger partial charge in [0.2, 0.25) is 5.88 Å². The molecule has 2 aromatic rings. The molecule has 1 aromatic heterocycles. The van der Waals surface area contributed by atoms with Gasteiger partial charge in [-0.25, -0.2) is 13.5 Å². The Morgan fingerprint density at radius 3 is 2.79 bits per heavy atom. The zero-order valence-electron chi connectivity index (χ0n) is 14.9. The van der Waals surface area contributed by atoms with Crippen LogP contribution >= 0.6 is 0 Å². The number of aryl methyl sites for hydroxylation is 1.